The number of carboxylic acid groups (broad SMARTS) is 1. The normalized spacial score (nSPS) is 10.5. The van der Waals surface area contributed by atoms with Gasteiger partial charge in [-0.25, -0.2) is 4.79 Å². The van der Waals surface area contributed by atoms with Gasteiger partial charge in [0.2, 0.25) is 6.39 Å². The van der Waals surface area contributed by atoms with Crippen LogP contribution >= 0.6 is 15.9 Å². The Morgan fingerprint density at radius 3 is 2.89 bits per heavy atom. The lowest BCUT2D eigenvalue weighted by atomic mass is 10.1. The molecule has 7 heteroatoms. The van der Waals surface area contributed by atoms with E-state index in [-0.39, 0.29) is 5.56 Å². The molecule has 18 heavy (non-hydrogen) atoms. The average Bonchev–Trinajstić information content (AvgIpc) is 2.84. The van der Waals surface area contributed by atoms with Crippen LogP contribution in [0.1, 0.15) is 21.7 Å². The number of hydrogen-bond donors (Lipinski definition) is 2. The third-order valence-corrected chi connectivity index (χ3v) is 3.04. The molecular weight excluding hydrogens is 302 g/mol. The van der Waals surface area contributed by atoms with Crippen LogP contribution in [0.15, 0.2) is 33.6 Å². The molecule has 1 aromatic carbocycles. The van der Waals surface area contributed by atoms with Gasteiger partial charge in [-0.2, -0.15) is 4.98 Å². The molecular formula is C11H10BrN3O3. The van der Waals surface area contributed by atoms with Gasteiger partial charge in [-0.3, -0.25) is 0 Å². The van der Waals surface area contributed by atoms with E-state index in [4.69, 9.17) is 5.11 Å². The Morgan fingerprint density at radius 2 is 2.28 bits per heavy atom. The summed E-state index contributed by atoms with van der Waals surface area (Å²) in [6, 6.07) is 4.91. The molecule has 0 amide bonds. The highest BCUT2D eigenvalue weighted by molar-refractivity contribution is 9.10. The summed E-state index contributed by atoms with van der Waals surface area (Å²) >= 11 is 3.34. The number of aromatic carboxylic acids is 1. The first-order valence-electron chi connectivity index (χ1n) is 5.14. The minimum Gasteiger partial charge on any atom is -0.478 e. The quantitative estimate of drug-likeness (QED) is 0.875. The number of nitrogens with one attached hydrogen (secondary N) is 1. The van der Waals surface area contributed by atoms with Crippen molar-refractivity contribution in [3.05, 3.63) is 46.0 Å². The zero-order chi connectivity index (χ0) is 13.0. The minimum absolute atomic E-state index is 0.254. The molecule has 0 atom stereocenters. The van der Waals surface area contributed by atoms with E-state index in [9.17, 15) is 4.79 Å². The molecule has 2 rings (SSSR count). The highest BCUT2D eigenvalue weighted by atomic mass is 79.9. The number of carboxylic acids is 1. The van der Waals surface area contributed by atoms with Gasteiger partial charge < -0.3 is 14.9 Å². The molecule has 0 aliphatic rings. The number of rotatable bonds is 5. The SMILES string of the molecule is O=C(O)c1ccc(CNCc2ncon2)c(Br)c1. The van der Waals surface area contributed by atoms with Crippen molar-refractivity contribution < 1.29 is 14.4 Å². The van der Waals surface area contributed by atoms with E-state index in [2.05, 4.69) is 35.9 Å². The van der Waals surface area contributed by atoms with Crippen LogP contribution in [0, 0.1) is 0 Å². The molecule has 0 saturated heterocycles. The van der Waals surface area contributed by atoms with Crippen molar-refractivity contribution in [2.75, 3.05) is 0 Å². The average molecular weight is 312 g/mol. The first kappa shape index (κ1) is 12.7. The van der Waals surface area contributed by atoms with Crippen molar-refractivity contribution in [3.8, 4) is 0 Å². The number of hydrogen-bond acceptors (Lipinski definition) is 5. The Morgan fingerprint density at radius 1 is 1.44 bits per heavy atom. The fourth-order valence-electron chi connectivity index (χ4n) is 1.40. The lowest BCUT2D eigenvalue weighted by Crippen LogP contribution is -2.14. The standard InChI is InChI=1S/C11H10BrN3O3/c12-9-3-7(11(16)17)1-2-8(9)4-13-5-10-14-6-18-15-10/h1-3,6,13H,4-5H2,(H,16,17). The van der Waals surface area contributed by atoms with Gasteiger partial charge >= 0.3 is 5.97 Å². The molecule has 1 heterocycles. The minimum atomic E-state index is -0.943. The van der Waals surface area contributed by atoms with E-state index in [1.54, 1.807) is 18.2 Å². The summed E-state index contributed by atoms with van der Waals surface area (Å²) in [4.78, 5) is 14.6. The Bertz CT molecular complexity index is 542. The topological polar surface area (TPSA) is 88.2 Å². The smallest absolute Gasteiger partial charge is 0.335 e. The second kappa shape index (κ2) is 5.74. The highest BCUT2D eigenvalue weighted by Gasteiger charge is 2.06. The van der Waals surface area contributed by atoms with Crippen LogP contribution in [-0.2, 0) is 13.1 Å². The summed E-state index contributed by atoms with van der Waals surface area (Å²) in [6.45, 7) is 1.07. The fraction of sp³-hybridized carbons (Fsp3) is 0.182. The lowest BCUT2D eigenvalue weighted by Gasteiger charge is -2.06. The molecule has 1 aromatic heterocycles. The first-order chi connectivity index (χ1) is 8.66. The van der Waals surface area contributed by atoms with Gasteiger partial charge in [0.25, 0.3) is 0 Å². The third kappa shape index (κ3) is 3.14. The van der Waals surface area contributed by atoms with Gasteiger partial charge in [0, 0.05) is 11.0 Å². The molecule has 0 bridgehead atoms. The van der Waals surface area contributed by atoms with Crippen molar-refractivity contribution in [2.45, 2.75) is 13.1 Å². The van der Waals surface area contributed by atoms with E-state index in [1.807, 2.05) is 0 Å². The number of nitrogens with zero attached hydrogens (tertiary/aromatic N) is 2. The number of aromatic nitrogens is 2. The number of halogens is 1. The van der Waals surface area contributed by atoms with E-state index < -0.39 is 5.97 Å². The molecule has 94 valence electrons. The molecule has 0 aliphatic carbocycles. The van der Waals surface area contributed by atoms with Crippen LogP contribution in [0.5, 0.6) is 0 Å². The fourth-order valence-corrected chi connectivity index (χ4v) is 1.92. The van der Waals surface area contributed by atoms with Crippen molar-refractivity contribution in [2.24, 2.45) is 0 Å². The van der Waals surface area contributed by atoms with Crippen molar-refractivity contribution in [3.63, 3.8) is 0 Å². The molecule has 2 aromatic rings. The summed E-state index contributed by atoms with van der Waals surface area (Å²) in [5, 5.41) is 15.6. The van der Waals surface area contributed by atoms with Crippen molar-refractivity contribution in [1.82, 2.24) is 15.5 Å². The van der Waals surface area contributed by atoms with Gasteiger partial charge in [-0.1, -0.05) is 27.2 Å². The van der Waals surface area contributed by atoms with E-state index in [0.29, 0.717) is 18.9 Å². The van der Waals surface area contributed by atoms with Gasteiger partial charge in [0.1, 0.15) is 0 Å². The molecule has 6 nitrogen and oxygen atoms in total. The summed E-state index contributed by atoms with van der Waals surface area (Å²) in [7, 11) is 0. The largest absolute Gasteiger partial charge is 0.478 e. The predicted molar refractivity (Wildman–Crippen MR) is 65.9 cm³/mol. The molecule has 0 saturated carbocycles. The molecule has 0 spiro atoms. The molecule has 0 unspecified atom stereocenters. The number of carbonyl (C=O) groups is 1. The van der Waals surface area contributed by atoms with Crippen LogP contribution < -0.4 is 5.32 Å². The van der Waals surface area contributed by atoms with Crippen molar-refractivity contribution in [1.29, 1.82) is 0 Å². The van der Waals surface area contributed by atoms with Crippen molar-refractivity contribution >= 4 is 21.9 Å². The van der Waals surface area contributed by atoms with Gasteiger partial charge in [0.05, 0.1) is 12.1 Å². The first-order valence-corrected chi connectivity index (χ1v) is 5.94. The second-order valence-electron chi connectivity index (χ2n) is 3.56. The van der Waals surface area contributed by atoms with Crippen LogP contribution in [0.3, 0.4) is 0 Å². The molecule has 0 fully saturated rings. The van der Waals surface area contributed by atoms with Crippen LogP contribution in [0.4, 0.5) is 0 Å². The molecule has 2 N–H and O–H groups in total. The second-order valence-corrected chi connectivity index (χ2v) is 4.42. The number of benzene rings is 1. The lowest BCUT2D eigenvalue weighted by molar-refractivity contribution is 0.0697. The Balaban J connectivity index is 1.95. The molecule has 0 radical (unpaired) electrons. The zero-order valence-corrected chi connectivity index (χ0v) is 10.8. The monoisotopic (exact) mass is 311 g/mol. The summed E-state index contributed by atoms with van der Waals surface area (Å²) in [5.74, 6) is -0.365. The summed E-state index contributed by atoms with van der Waals surface area (Å²) in [6.07, 6.45) is 1.27. The highest BCUT2D eigenvalue weighted by Crippen LogP contribution is 2.18. The Kier molecular flexibility index (Phi) is 4.06. The van der Waals surface area contributed by atoms with E-state index in [0.717, 1.165) is 10.0 Å². The van der Waals surface area contributed by atoms with Crippen LogP contribution in [0.25, 0.3) is 0 Å². The van der Waals surface area contributed by atoms with Gasteiger partial charge in [-0.15, -0.1) is 0 Å². The summed E-state index contributed by atoms with van der Waals surface area (Å²) in [5.41, 5.74) is 1.22. The predicted octanol–water partition coefficient (Wildman–Crippen LogP) is 1.82. The molecule has 0 aliphatic heterocycles. The van der Waals surface area contributed by atoms with Gasteiger partial charge in [0.15, 0.2) is 5.82 Å². The Labute approximate surface area is 111 Å². The third-order valence-electron chi connectivity index (χ3n) is 2.31. The Hall–Kier alpha value is -1.73. The van der Waals surface area contributed by atoms with E-state index >= 15 is 0 Å². The van der Waals surface area contributed by atoms with Crippen LogP contribution in [-0.4, -0.2) is 21.2 Å². The van der Waals surface area contributed by atoms with Gasteiger partial charge in [-0.05, 0) is 17.7 Å². The maximum absolute atomic E-state index is 10.8. The zero-order valence-electron chi connectivity index (χ0n) is 9.26. The van der Waals surface area contributed by atoms with E-state index in [1.165, 1.54) is 6.39 Å². The summed E-state index contributed by atoms with van der Waals surface area (Å²) < 4.78 is 5.36. The van der Waals surface area contributed by atoms with Crippen LogP contribution in [0.2, 0.25) is 0 Å². The maximum Gasteiger partial charge on any atom is 0.335 e. The maximum atomic E-state index is 10.8.